The Kier molecular flexibility index (Phi) is 4.28. The van der Waals surface area contributed by atoms with Gasteiger partial charge in [0, 0.05) is 5.57 Å². The maximum atomic E-state index is 11.5. The van der Waals surface area contributed by atoms with E-state index in [1.54, 1.807) is 13.1 Å². The second kappa shape index (κ2) is 5.49. The van der Waals surface area contributed by atoms with Crippen molar-refractivity contribution in [1.82, 2.24) is 9.97 Å². The second-order valence-corrected chi connectivity index (χ2v) is 3.89. The number of carbonyl (C=O) groups is 1. The van der Waals surface area contributed by atoms with Crippen molar-refractivity contribution in [2.45, 2.75) is 39.7 Å². The van der Waals surface area contributed by atoms with E-state index in [9.17, 15) is 4.79 Å². The lowest BCUT2D eigenvalue weighted by Crippen LogP contribution is -2.12. The van der Waals surface area contributed by atoms with Crippen molar-refractivity contribution in [3.05, 3.63) is 29.9 Å². The molecule has 0 saturated heterocycles. The van der Waals surface area contributed by atoms with E-state index >= 15 is 0 Å². The van der Waals surface area contributed by atoms with Crippen molar-refractivity contribution in [2.75, 3.05) is 0 Å². The molecule has 1 aromatic heterocycles. The monoisotopic (exact) mass is 222 g/mol. The number of imidazole rings is 1. The number of aromatic amines is 1. The van der Waals surface area contributed by atoms with E-state index in [-0.39, 0.29) is 12.1 Å². The zero-order chi connectivity index (χ0) is 12.1. The van der Waals surface area contributed by atoms with Crippen LogP contribution >= 0.6 is 0 Å². The molecule has 0 saturated carbocycles. The number of ether oxygens (including phenoxy) is 1. The Hall–Kier alpha value is -1.58. The number of hydrogen-bond donors (Lipinski definition) is 1. The van der Waals surface area contributed by atoms with Gasteiger partial charge >= 0.3 is 5.97 Å². The van der Waals surface area contributed by atoms with Crippen LogP contribution in [0.15, 0.2) is 18.3 Å². The smallest absolute Gasteiger partial charge is 0.333 e. The molecule has 0 aliphatic carbocycles. The van der Waals surface area contributed by atoms with Crippen LogP contribution in [0.2, 0.25) is 0 Å². The quantitative estimate of drug-likeness (QED) is 0.615. The predicted octanol–water partition coefficient (Wildman–Crippen LogP) is 2.68. The number of nitrogens with one attached hydrogen (secondary N) is 1. The number of rotatable bonds is 5. The van der Waals surface area contributed by atoms with Gasteiger partial charge in [0.15, 0.2) is 0 Å². The molecular weight excluding hydrogens is 204 g/mol. The molecule has 1 N–H and O–H groups in total. The summed E-state index contributed by atoms with van der Waals surface area (Å²) >= 11 is 0. The second-order valence-electron chi connectivity index (χ2n) is 3.89. The minimum absolute atomic E-state index is 0.254. The summed E-state index contributed by atoms with van der Waals surface area (Å²) in [6.07, 6.45) is 3.17. The van der Waals surface area contributed by atoms with Gasteiger partial charge in [-0.25, -0.2) is 9.78 Å². The number of aromatic nitrogens is 2. The highest BCUT2D eigenvalue weighted by Crippen LogP contribution is 2.22. The van der Waals surface area contributed by atoms with Crippen molar-refractivity contribution < 1.29 is 9.53 Å². The Labute approximate surface area is 95.7 Å². The van der Waals surface area contributed by atoms with Crippen LogP contribution in [0.5, 0.6) is 0 Å². The molecule has 1 aromatic rings. The fourth-order valence-electron chi connectivity index (χ4n) is 1.37. The zero-order valence-electron chi connectivity index (χ0n) is 10.0. The highest BCUT2D eigenvalue weighted by molar-refractivity contribution is 5.87. The first-order valence-corrected chi connectivity index (χ1v) is 5.42. The normalized spacial score (nSPS) is 12.2. The Morgan fingerprint density at radius 1 is 1.69 bits per heavy atom. The van der Waals surface area contributed by atoms with Crippen LogP contribution in [0.1, 0.15) is 44.3 Å². The third-order valence-corrected chi connectivity index (χ3v) is 2.22. The first-order valence-electron chi connectivity index (χ1n) is 5.42. The van der Waals surface area contributed by atoms with Crippen LogP contribution in [0.25, 0.3) is 0 Å². The van der Waals surface area contributed by atoms with Gasteiger partial charge in [-0.05, 0) is 20.3 Å². The molecule has 88 valence electrons. The predicted molar refractivity (Wildman–Crippen MR) is 61.9 cm³/mol. The Balaban J connectivity index is 2.75. The van der Waals surface area contributed by atoms with Crippen LogP contribution in [-0.2, 0) is 9.53 Å². The summed E-state index contributed by atoms with van der Waals surface area (Å²) < 4.78 is 5.34. The molecule has 4 nitrogen and oxygen atoms in total. The molecule has 16 heavy (non-hydrogen) atoms. The summed E-state index contributed by atoms with van der Waals surface area (Å²) in [6, 6.07) is 0. The minimum Gasteiger partial charge on any atom is -0.453 e. The zero-order valence-corrected chi connectivity index (χ0v) is 10.0. The fourth-order valence-corrected chi connectivity index (χ4v) is 1.37. The fraction of sp³-hybridized carbons (Fsp3) is 0.500. The maximum Gasteiger partial charge on any atom is 0.333 e. The third-order valence-electron chi connectivity index (χ3n) is 2.22. The van der Waals surface area contributed by atoms with Crippen molar-refractivity contribution in [2.24, 2.45) is 0 Å². The van der Waals surface area contributed by atoms with Crippen LogP contribution in [0.3, 0.4) is 0 Å². The molecule has 0 spiro atoms. The molecule has 0 amide bonds. The standard InChI is InChI=1S/C12H18N2O2/c1-5-6-11(16-12(15)8(2)3)10-7-13-9(4)14-10/h7,11H,2,5-6H2,1,3-4H3,(H,13,14). The van der Waals surface area contributed by atoms with E-state index in [1.165, 1.54) is 0 Å². The number of H-pyrrole nitrogens is 1. The van der Waals surface area contributed by atoms with Crippen LogP contribution < -0.4 is 0 Å². The minimum atomic E-state index is -0.356. The van der Waals surface area contributed by atoms with Gasteiger partial charge in [-0.2, -0.15) is 0 Å². The van der Waals surface area contributed by atoms with Crippen molar-refractivity contribution in [3.63, 3.8) is 0 Å². The average molecular weight is 222 g/mol. The summed E-state index contributed by atoms with van der Waals surface area (Å²) in [6.45, 7) is 9.12. The van der Waals surface area contributed by atoms with E-state index in [1.807, 2.05) is 13.8 Å². The van der Waals surface area contributed by atoms with E-state index in [4.69, 9.17) is 4.74 Å². The Bertz CT molecular complexity index is 382. The SMILES string of the molecule is C=C(C)C(=O)OC(CCC)c1cnc(C)[nH]1. The van der Waals surface area contributed by atoms with Gasteiger partial charge < -0.3 is 9.72 Å². The van der Waals surface area contributed by atoms with Crippen molar-refractivity contribution in [1.29, 1.82) is 0 Å². The molecule has 1 atom stereocenters. The molecular formula is C12H18N2O2. The highest BCUT2D eigenvalue weighted by Gasteiger charge is 2.18. The van der Waals surface area contributed by atoms with Gasteiger partial charge in [0.2, 0.25) is 0 Å². The Morgan fingerprint density at radius 2 is 2.38 bits per heavy atom. The third kappa shape index (κ3) is 3.22. The molecule has 0 aliphatic heterocycles. The summed E-state index contributed by atoms with van der Waals surface area (Å²) in [5, 5.41) is 0. The average Bonchev–Trinajstić information content (AvgIpc) is 2.64. The van der Waals surface area contributed by atoms with E-state index in [0.29, 0.717) is 5.57 Å². The molecule has 0 aliphatic rings. The maximum absolute atomic E-state index is 11.5. The number of aryl methyl sites for hydroxylation is 1. The summed E-state index contributed by atoms with van der Waals surface area (Å²) in [7, 11) is 0. The first kappa shape index (κ1) is 12.5. The van der Waals surface area contributed by atoms with E-state index in [0.717, 1.165) is 24.4 Å². The molecule has 0 aromatic carbocycles. The van der Waals surface area contributed by atoms with Crippen LogP contribution in [-0.4, -0.2) is 15.9 Å². The molecule has 4 heteroatoms. The lowest BCUT2D eigenvalue weighted by Gasteiger charge is -2.15. The van der Waals surface area contributed by atoms with Gasteiger partial charge in [0.25, 0.3) is 0 Å². The topological polar surface area (TPSA) is 55.0 Å². The largest absolute Gasteiger partial charge is 0.453 e. The number of carbonyl (C=O) groups excluding carboxylic acids is 1. The molecule has 0 bridgehead atoms. The lowest BCUT2D eigenvalue weighted by molar-refractivity contribution is -0.145. The van der Waals surface area contributed by atoms with Crippen molar-refractivity contribution >= 4 is 5.97 Å². The van der Waals surface area contributed by atoms with Gasteiger partial charge in [0.05, 0.1) is 11.9 Å². The molecule has 1 heterocycles. The van der Waals surface area contributed by atoms with E-state index in [2.05, 4.69) is 16.5 Å². The van der Waals surface area contributed by atoms with Crippen LogP contribution in [0, 0.1) is 6.92 Å². The summed E-state index contributed by atoms with van der Waals surface area (Å²) in [5.41, 5.74) is 1.26. The van der Waals surface area contributed by atoms with Gasteiger partial charge in [-0.1, -0.05) is 19.9 Å². The summed E-state index contributed by atoms with van der Waals surface area (Å²) in [4.78, 5) is 18.6. The van der Waals surface area contributed by atoms with E-state index < -0.39 is 0 Å². The summed E-state index contributed by atoms with van der Waals surface area (Å²) in [5.74, 6) is 0.466. The molecule has 0 fully saturated rings. The number of esters is 1. The van der Waals surface area contributed by atoms with Gasteiger partial charge in [-0.3, -0.25) is 0 Å². The van der Waals surface area contributed by atoms with Crippen molar-refractivity contribution in [3.8, 4) is 0 Å². The van der Waals surface area contributed by atoms with Crippen LogP contribution in [0.4, 0.5) is 0 Å². The molecule has 1 unspecified atom stereocenters. The first-order chi connectivity index (χ1) is 7.54. The number of nitrogens with zero attached hydrogens (tertiary/aromatic N) is 1. The molecule has 1 rings (SSSR count). The van der Waals surface area contributed by atoms with Gasteiger partial charge in [-0.15, -0.1) is 0 Å². The molecule has 0 radical (unpaired) electrons. The lowest BCUT2D eigenvalue weighted by atomic mass is 10.1. The Morgan fingerprint density at radius 3 is 2.81 bits per heavy atom. The highest BCUT2D eigenvalue weighted by atomic mass is 16.5. The van der Waals surface area contributed by atoms with Gasteiger partial charge in [0.1, 0.15) is 11.9 Å². The number of hydrogen-bond acceptors (Lipinski definition) is 3.